The highest BCUT2D eigenvalue weighted by Crippen LogP contribution is 2.41. The van der Waals surface area contributed by atoms with E-state index in [-0.39, 0.29) is 5.41 Å². The molecular weight excluding hydrogens is 296 g/mol. The Morgan fingerprint density at radius 2 is 2.10 bits per heavy atom. The third kappa shape index (κ3) is 3.08. The number of aromatic nitrogens is 1. The van der Waals surface area contributed by atoms with Crippen LogP contribution in [-0.2, 0) is 11.8 Å². The van der Waals surface area contributed by atoms with E-state index < -0.39 is 0 Å². The fourth-order valence-electron chi connectivity index (χ4n) is 2.82. The highest BCUT2D eigenvalue weighted by atomic mass is 32.1. The maximum Gasteiger partial charge on any atom is 0.133 e. The van der Waals surface area contributed by atoms with Crippen molar-refractivity contribution in [2.75, 3.05) is 6.54 Å². The van der Waals surface area contributed by atoms with Gasteiger partial charge in [-0.3, -0.25) is 0 Å². The van der Waals surface area contributed by atoms with Crippen molar-refractivity contribution >= 4 is 22.7 Å². The van der Waals surface area contributed by atoms with E-state index >= 15 is 0 Å². The first-order valence-electron chi connectivity index (χ1n) is 7.82. The Labute approximate surface area is 135 Å². The maximum atomic E-state index is 4.98. The first-order valence-corrected chi connectivity index (χ1v) is 9.46. The van der Waals surface area contributed by atoms with Crippen molar-refractivity contribution < 1.29 is 0 Å². The SMILES string of the molecule is CCNC1CCCc2sc(-c3ccc(C(C)(C)C)s3)nc21. The topological polar surface area (TPSA) is 24.9 Å². The quantitative estimate of drug-likeness (QED) is 0.845. The fourth-order valence-corrected chi connectivity index (χ4v) is 5.11. The van der Waals surface area contributed by atoms with Gasteiger partial charge in [-0.2, -0.15) is 0 Å². The molecule has 4 heteroatoms. The number of hydrogen-bond acceptors (Lipinski definition) is 4. The first kappa shape index (κ1) is 15.2. The van der Waals surface area contributed by atoms with Gasteiger partial charge >= 0.3 is 0 Å². The van der Waals surface area contributed by atoms with Gasteiger partial charge in [-0.15, -0.1) is 22.7 Å². The van der Waals surface area contributed by atoms with Gasteiger partial charge in [0.05, 0.1) is 16.6 Å². The third-order valence-electron chi connectivity index (χ3n) is 3.96. The van der Waals surface area contributed by atoms with Crippen LogP contribution in [0.3, 0.4) is 0 Å². The first-order chi connectivity index (χ1) is 9.99. The molecule has 1 unspecified atom stereocenters. The van der Waals surface area contributed by atoms with Crippen molar-refractivity contribution in [1.29, 1.82) is 0 Å². The predicted molar refractivity (Wildman–Crippen MR) is 93.5 cm³/mol. The van der Waals surface area contributed by atoms with Crippen molar-refractivity contribution in [3.05, 3.63) is 27.6 Å². The molecular formula is C17H24N2S2. The van der Waals surface area contributed by atoms with Crippen LogP contribution in [-0.4, -0.2) is 11.5 Å². The van der Waals surface area contributed by atoms with E-state index in [0.717, 1.165) is 6.54 Å². The van der Waals surface area contributed by atoms with Gasteiger partial charge in [-0.05, 0) is 43.4 Å². The molecule has 0 saturated carbocycles. The van der Waals surface area contributed by atoms with E-state index in [1.54, 1.807) is 0 Å². The van der Waals surface area contributed by atoms with Crippen LogP contribution < -0.4 is 5.32 Å². The molecule has 0 spiro atoms. The zero-order chi connectivity index (χ0) is 15.0. The lowest BCUT2D eigenvalue weighted by molar-refractivity contribution is 0.465. The van der Waals surface area contributed by atoms with Crippen LogP contribution in [0.4, 0.5) is 0 Å². The number of fused-ring (bicyclic) bond motifs is 1. The number of nitrogens with zero attached hydrogens (tertiary/aromatic N) is 1. The molecule has 1 aliphatic rings. The van der Waals surface area contributed by atoms with Crippen LogP contribution >= 0.6 is 22.7 Å². The van der Waals surface area contributed by atoms with Gasteiger partial charge in [0.1, 0.15) is 5.01 Å². The number of aryl methyl sites for hydroxylation is 1. The van der Waals surface area contributed by atoms with E-state index in [2.05, 4.69) is 45.1 Å². The molecule has 2 nitrogen and oxygen atoms in total. The predicted octanol–water partition coefficient (Wildman–Crippen LogP) is 5.16. The molecule has 21 heavy (non-hydrogen) atoms. The molecule has 1 N–H and O–H groups in total. The Kier molecular flexibility index (Phi) is 4.21. The van der Waals surface area contributed by atoms with E-state index in [0.29, 0.717) is 6.04 Å². The van der Waals surface area contributed by atoms with Crippen molar-refractivity contribution in [2.24, 2.45) is 0 Å². The molecule has 0 aliphatic heterocycles. The molecule has 1 aliphatic carbocycles. The van der Waals surface area contributed by atoms with Gasteiger partial charge in [0.15, 0.2) is 0 Å². The monoisotopic (exact) mass is 320 g/mol. The maximum absolute atomic E-state index is 4.98. The molecule has 0 radical (unpaired) electrons. The van der Waals surface area contributed by atoms with E-state index in [1.165, 1.54) is 44.6 Å². The number of thiophene rings is 1. The highest BCUT2D eigenvalue weighted by Gasteiger charge is 2.25. The minimum absolute atomic E-state index is 0.228. The molecule has 2 aromatic heterocycles. The Hall–Kier alpha value is -0.710. The molecule has 0 aromatic carbocycles. The summed E-state index contributed by atoms with van der Waals surface area (Å²) in [5.41, 5.74) is 1.54. The summed E-state index contributed by atoms with van der Waals surface area (Å²) in [7, 11) is 0. The van der Waals surface area contributed by atoms with E-state index in [4.69, 9.17) is 4.98 Å². The van der Waals surface area contributed by atoms with Gasteiger partial charge in [-0.1, -0.05) is 27.7 Å². The molecule has 3 rings (SSSR count). The lowest BCUT2D eigenvalue weighted by Crippen LogP contribution is -2.24. The summed E-state index contributed by atoms with van der Waals surface area (Å²) in [6.07, 6.45) is 3.71. The van der Waals surface area contributed by atoms with Crippen LogP contribution in [0.15, 0.2) is 12.1 Å². The summed E-state index contributed by atoms with van der Waals surface area (Å²) in [5.74, 6) is 0. The number of hydrogen-bond donors (Lipinski definition) is 1. The van der Waals surface area contributed by atoms with Crippen LogP contribution in [0, 0.1) is 0 Å². The molecule has 114 valence electrons. The average Bonchev–Trinajstić information content (AvgIpc) is 3.05. The van der Waals surface area contributed by atoms with Crippen LogP contribution in [0.1, 0.15) is 62.0 Å². The third-order valence-corrected chi connectivity index (χ3v) is 6.77. The summed E-state index contributed by atoms with van der Waals surface area (Å²) in [5, 5.41) is 4.80. The normalized spacial score (nSPS) is 18.8. The summed E-state index contributed by atoms with van der Waals surface area (Å²) in [4.78, 5) is 9.24. The molecule has 2 aromatic rings. The Morgan fingerprint density at radius 1 is 1.29 bits per heavy atom. The Bertz CT molecular complexity index is 619. The zero-order valence-corrected chi connectivity index (χ0v) is 15.0. The smallest absolute Gasteiger partial charge is 0.133 e. The Morgan fingerprint density at radius 3 is 2.76 bits per heavy atom. The second kappa shape index (κ2) is 5.82. The van der Waals surface area contributed by atoms with Crippen molar-refractivity contribution in [3.8, 4) is 9.88 Å². The van der Waals surface area contributed by atoms with Crippen molar-refractivity contribution in [2.45, 2.75) is 58.4 Å². The minimum Gasteiger partial charge on any atom is -0.309 e. The summed E-state index contributed by atoms with van der Waals surface area (Å²) in [6.45, 7) is 10.0. The summed E-state index contributed by atoms with van der Waals surface area (Å²) >= 11 is 3.80. The second-order valence-electron chi connectivity index (χ2n) is 6.74. The molecule has 1 atom stereocenters. The van der Waals surface area contributed by atoms with Gasteiger partial charge in [0, 0.05) is 9.75 Å². The minimum atomic E-state index is 0.228. The molecule has 2 heterocycles. The number of rotatable bonds is 3. The lowest BCUT2D eigenvalue weighted by Gasteiger charge is -2.21. The van der Waals surface area contributed by atoms with Gasteiger partial charge < -0.3 is 5.32 Å². The number of thiazole rings is 1. The van der Waals surface area contributed by atoms with Crippen LogP contribution in [0.2, 0.25) is 0 Å². The standard InChI is InChI=1S/C17H24N2S2/c1-5-18-11-7-6-8-12-15(11)19-16(21-12)13-9-10-14(20-13)17(2,3)4/h9-11,18H,5-8H2,1-4H3. The summed E-state index contributed by atoms with van der Waals surface area (Å²) < 4.78 is 0. The van der Waals surface area contributed by atoms with E-state index in [1.807, 2.05) is 22.7 Å². The van der Waals surface area contributed by atoms with Gasteiger partial charge in [0.25, 0.3) is 0 Å². The molecule has 0 amide bonds. The molecule has 0 fully saturated rings. The Balaban J connectivity index is 1.92. The summed E-state index contributed by atoms with van der Waals surface area (Å²) in [6, 6.07) is 4.98. The highest BCUT2D eigenvalue weighted by molar-refractivity contribution is 7.22. The molecule has 0 bridgehead atoms. The van der Waals surface area contributed by atoms with Crippen molar-refractivity contribution in [3.63, 3.8) is 0 Å². The fraction of sp³-hybridized carbons (Fsp3) is 0.588. The van der Waals surface area contributed by atoms with Crippen LogP contribution in [0.5, 0.6) is 0 Å². The number of nitrogens with one attached hydrogen (secondary N) is 1. The van der Waals surface area contributed by atoms with Gasteiger partial charge in [0.2, 0.25) is 0 Å². The van der Waals surface area contributed by atoms with E-state index in [9.17, 15) is 0 Å². The molecule has 0 saturated heterocycles. The lowest BCUT2D eigenvalue weighted by atomic mass is 9.95. The second-order valence-corrected chi connectivity index (χ2v) is 8.91. The zero-order valence-electron chi connectivity index (χ0n) is 13.3. The van der Waals surface area contributed by atoms with Gasteiger partial charge in [-0.25, -0.2) is 4.98 Å². The average molecular weight is 321 g/mol. The van der Waals surface area contributed by atoms with Crippen molar-refractivity contribution in [1.82, 2.24) is 10.3 Å². The largest absolute Gasteiger partial charge is 0.309 e. The van der Waals surface area contributed by atoms with Crippen LogP contribution in [0.25, 0.3) is 9.88 Å².